The quantitative estimate of drug-likeness (QED) is 0.724. The Kier molecular flexibility index (Phi) is 2.43. The van der Waals surface area contributed by atoms with Crippen molar-refractivity contribution in [1.82, 2.24) is 0 Å². The van der Waals surface area contributed by atoms with Crippen LogP contribution >= 0.6 is 15.9 Å². The standard InChI is InChI=1S/C11H14BrNO/c1-6-5-9(13)11-8(10(6)12)4-3-7(2)14-11/h5,7H,3-4,13H2,1-2H3. The van der Waals surface area contributed by atoms with Gasteiger partial charge in [-0.1, -0.05) is 15.9 Å². The van der Waals surface area contributed by atoms with Crippen molar-refractivity contribution >= 4 is 21.6 Å². The number of rotatable bonds is 0. The van der Waals surface area contributed by atoms with Gasteiger partial charge in [0.1, 0.15) is 5.75 Å². The van der Waals surface area contributed by atoms with E-state index in [2.05, 4.69) is 29.8 Å². The number of benzene rings is 1. The fraction of sp³-hybridized carbons (Fsp3) is 0.455. The molecule has 1 heterocycles. The number of nitrogens with two attached hydrogens (primary N) is 1. The van der Waals surface area contributed by atoms with Crippen LogP contribution in [0.25, 0.3) is 0 Å². The van der Waals surface area contributed by atoms with Crippen molar-refractivity contribution < 1.29 is 4.74 Å². The third-order valence-electron chi connectivity index (χ3n) is 2.64. The fourth-order valence-corrected chi connectivity index (χ4v) is 2.34. The molecular weight excluding hydrogens is 242 g/mol. The lowest BCUT2D eigenvalue weighted by Crippen LogP contribution is -2.20. The van der Waals surface area contributed by atoms with E-state index in [1.54, 1.807) is 0 Å². The number of fused-ring (bicyclic) bond motifs is 1. The Balaban J connectivity index is 2.57. The molecule has 0 fully saturated rings. The summed E-state index contributed by atoms with van der Waals surface area (Å²) in [6.45, 7) is 4.13. The van der Waals surface area contributed by atoms with Crippen molar-refractivity contribution in [3.8, 4) is 5.75 Å². The van der Waals surface area contributed by atoms with Crippen molar-refractivity contribution in [1.29, 1.82) is 0 Å². The highest BCUT2D eigenvalue weighted by atomic mass is 79.9. The molecule has 1 unspecified atom stereocenters. The van der Waals surface area contributed by atoms with E-state index < -0.39 is 0 Å². The van der Waals surface area contributed by atoms with E-state index in [4.69, 9.17) is 10.5 Å². The molecule has 1 aromatic rings. The number of hydrogen-bond acceptors (Lipinski definition) is 2. The summed E-state index contributed by atoms with van der Waals surface area (Å²) in [7, 11) is 0. The molecule has 0 saturated carbocycles. The number of ether oxygens (including phenoxy) is 1. The van der Waals surface area contributed by atoms with Gasteiger partial charge in [0.2, 0.25) is 0 Å². The molecule has 1 aliphatic heterocycles. The van der Waals surface area contributed by atoms with Gasteiger partial charge in [0.25, 0.3) is 0 Å². The highest BCUT2D eigenvalue weighted by Crippen LogP contribution is 2.39. The zero-order chi connectivity index (χ0) is 10.3. The topological polar surface area (TPSA) is 35.2 Å². The Morgan fingerprint density at radius 1 is 1.57 bits per heavy atom. The summed E-state index contributed by atoms with van der Waals surface area (Å²) in [4.78, 5) is 0. The minimum absolute atomic E-state index is 0.277. The first-order chi connectivity index (χ1) is 6.59. The van der Waals surface area contributed by atoms with Crippen LogP contribution in [0.3, 0.4) is 0 Å². The number of aryl methyl sites for hydroxylation is 1. The minimum Gasteiger partial charge on any atom is -0.488 e. The molecule has 0 spiro atoms. The average Bonchev–Trinajstić information content (AvgIpc) is 2.14. The van der Waals surface area contributed by atoms with E-state index in [1.165, 1.54) is 11.1 Å². The van der Waals surface area contributed by atoms with Crippen molar-refractivity contribution in [2.24, 2.45) is 0 Å². The predicted octanol–water partition coefficient (Wildman–Crippen LogP) is 3.05. The second-order valence-corrected chi connectivity index (χ2v) is 4.66. The SMILES string of the molecule is Cc1cc(N)c2c(c1Br)CCC(C)O2. The average molecular weight is 256 g/mol. The zero-order valence-corrected chi connectivity index (χ0v) is 10.0. The smallest absolute Gasteiger partial charge is 0.146 e. The lowest BCUT2D eigenvalue weighted by Gasteiger charge is -2.26. The first-order valence-electron chi connectivity index (χ1n) is 4.83. The summed E-state index contributed by atoms with van der Waals surface area (Å²) in [6.07, 6.45) is 2.39. The lowest BCUT2D eigenvalue weighted by atomic mass is 10.00. The van der Waals surface area contributed by atoms with Gasteiger partial charge in [0.05, 0.1) is 11.8 Å². The molecule has 1 aromatic carbocycles. The van der Waals surface area contributed by atoms with Gasteiger partial charge >= 0.3 is 0 Å². The molecule has 1 atom stereocenters. The Bertz CT molecular complexity index is 376. The van der Waals surface area contributed by atoms with E-state index in [0.717, 1.165) is 28.8 Å². The lowest BCUT2D eigenvalue weighted by molar-refractivity contribution is 0.193. The van der Waals surface area contributed by atoms with E-state index in [9.17, 15) is 0 Å². The summed E-state index contributed by atoms with van der Waals surface area (Å²) >= 11 is 3.58. The molecule has 0 aliphatic carbocycles. The van der Waals surface area contributed by atoms with E-state index in [-0.39, 0.29) is 6.10 Å². The largest absolute Gasteiger partial charge is 0.488 e. The minimum atomic E-state index is 0.277. The van der Waals surface area contributed by atoms with Crippen LogP contribution in [0.5, 0.6) is 5.75 Å². The van der Waals surface area contributed by atoms with Crippen LogP contribution in [-0.4, -0.2) is 6.10 Å². The number of nitrogen functional groups attached to an aromatic ring is 1. The monoisotopic (exact) mass is 255 g/mol. The third kappa shape index (κ3) is 1.50. The maximum atomic E-state index is 5.93. The normalized spacial score (nSPS) is 20.1. The predicted molar refractivity (Wildman–Crippen MR) is 61.7 cm³/mol. The Morgan fingerprint density at radius 3 is 3.00 bits per heavy atom. The molecule has 2 N–H and O–H groups in total. The molecule has 2 rings (SSSR count). The van der Waals surface area contributed by atoms with Crippen molar-refractivity contribution in [3.63, 3.8) is 0 Å². The van der Waals surface area contributed by atoms with Gasteiger partial charge in [-0.05, 0) is 38.3 Å². The summed E-state index contributed by atoms with van der Waals surface area (Å²) in [6, 6.07) is 1.96. The Morgan fingerprint density at radius 2 is 2.29 bits per heavy atom. The fourth-order valence-electron chi connectivity index (χ4n) is 1.84. The third-order valence-corrected chi connectivity index (χ3v) is 3.74. The van der Waals surface area contributed by atoms with E-state index >= 15 is 0 Å². The number of anilines is 1. The van der Waals surface area contributed by atoms with Crippen molar-refractivity contribution in [3.05, 3.63) is 21.7 Å². The molecule has 0 amide bonds. The summed E-state index contributed by atoms with van der Waals surface area (Å²) in [5.41, 5.74) is 9.09. The second-order valence-electron chi connectivity index (χ2n) is 3.87. The van der Waals surface area contributed by atoms with Crippen molar-refractivity contribution in [2.75, 3.05) is 5.73 Å². The zero-order valence-electron chi connectivity index (χ0n) is 8.43. The highest BCUT2D eigenvalue weighted by Gasteiger charge is 2.21. The van der Waals surface area contributed by atoms with Gasteiger partial charge in [-0.3, -0.25) is 0 Å². The van der Waals surface area contributed by atoms with Gasteiger partial charge in [-0.2, -0.15) is 0 Å². The summed E-state index contributed by atoms with van der Waals surface area (Å²) in [5, 5.41) is 0. The number of hydrogen-bond donors (Lipinski definition) is 1. The van der Waals surface area contributed by atoms with Crippen LogP contribution in [0.1, 0.15) is 24.5 Å². The van der Waals surface area contributed by atoms with Crippen LogP contribution in [0.4, 0.5) is 5.69 Å². The summed E-state index contributed by atoms with van der Waals surface area (Å²) in [5.74, 6) is 0.876. The Hall–Kier alpha value is -0.700. The molecule has 1 aliphatic rings. The molecule has 0 saturated heterocycles. The van der Waals surface area contributed by atoms with Gasteiger partial charge in [0.15, 0.2) is 0 Å². The first kappa shape index (κ1) is 9.84. The van der Waals surface area contributed by atoms with Gasteiger partial charge < -0.3 is 10.5 Å². The molecule has 0 bridgehead atoms. The molecule has 2 nitrogen and oxygen atoms in total. The maximum absolute atomic E-state index is 5.93. The summed E-state index contributed by atoms with van der Waals surface area (Å²) < 4.78 is 6.89. The molecule has 3 heteroatoms. The molecule has 0 aromatic heterocycles. The second kappa shape index (κ2) is 3.46. The number of halogens is 1. The van der Waals surface area contributed by atoms with Crippen LogP contribution < -0.4 is 10.5 Å². The van der Waals surface area contributed by atoms with Gasteiger partial charge in [0, 0.05) is 10.0 Å². The highest BCUT2D eigenvalue weighted by molar-refractivity contribution is 9.10. The first-order valence-corrected chi connectivity index (χ1v) is 5.63. The van der Waals surface area contributed by atoms with Crippen LogP contribution in [-0.2, 0) is 6.42 Å². The molecule has 0 radical (unpaired) electrons. The van der Waals surface area contributed by atoms with E-state index in [0.29, 0.717) is 0 Å². The van der Waals surface area contributed by atoms with Crippen molar-refractivity contribution in [2.45, 2.75) is 32.8 Å². The van der Waals surface area contributed by atoms with Crippen LogP contribution in [0.15, 0.2) is 10.5 Å². The van der Waals surface area contributed by atoms with E-state index in [1.807, 2.05) is 6.07 Å². The maximum Gasteiger partial charge on any atom is 0.146 e. The van der Waals surface area contributed by atoms with Crippen LogP contribution in [0, 0.1) is 6.92 Å². The molecule has 14 heavy (non-hydrogen) atoms. The molecular formula is C11H14BrNO. The van der Waals surface area contributed by atoms with Gasteiger partial charge in [-0.15, -0.1) is 0 Å². The molecule has 76 valence electrons. The van der Waals surface area contributed by atoms with Crippen LogP contribution in [0.2, 0.25) is 0 Å². The Labute approximate surface area is 92.6 Å². The van der Waals surface area contributed by atoms with Gasteiger partial charge in [-0.25, -0.2) is 0 Å².